The van der Waals surface area contributed by atoms with Gasteiger partial charge in [0.05, 0.1) is 24.1 Å². The molecule has 0 spiro atoms. The number of carbonyl (C=O) groups is 1. The smallest absolute Gasteiger partial charge is 0.409 e. The highest BCUT2D eigenvalue weighted by molar-refractivity contribution is 7.92. The lowest BCUT2D eigenvalue weighted by molar-refractivity contribution is 0.0659. The zero-order valence-electron chi connectivity index (χ0n) is 18.7. The summed E-state index contributed by atoms with van der Waals surface area (Å²) in [5, 5.41) is 0. The first-order valence-corrected chi connectivity index (χ1v) is 12.4. The zero-order valence-corrected chi connectivity index (χ0v) is 19.5. The van der Waals surface area contributed by atoms with Crippen LogP contribution < -0.4 is 14.2 Å². The molecule has 1 amide bonds. The van der Waals surface area contributed by atoms with Gasteiger partial charge in [0.15, 0.2) is 11.6 Å². The van der Waals surface area contributed by atoms with Crippen LogP contribution in [0.2, 0.25) is 0 Å². The summed E-state index contributed by atoms with van der Waals surface area (Å²) in [6.07, 6.45) is 3.77. The quantitative estimate of drug-likeness (QED) is 0.607. The summed E-state index contributed by atoms with van der Waals surface area (Å²) in [6.45, 7) is 5.06. The molecule has 2 heterocycles. The minimum atomic E-state index is -3.53. The number of hydrogen-bond acceptors (Lipinski definition) is 8. The second kappa shape index (κ2) is 10.6. The van der Waals surface area contributed by atoms with Crippen molar-refractivity contribution in [2.45, 2.75) is 39.2 Å². The van der Waals surface area contributed by atoms with Gasteiger partial charge >= 0.3 is 6.09 Å². The molecule has 12 heteroatoms. The maximum atomic E-state index is 14.4. The third kappa shape index (κ3) is 6.91. The number of piperidine rings is 1. The summed E-state index contributed by atoms with van der Waals surface area (Å²) in [5.41, 5.74) is 0.565. The van der Waals surface area contributed by atoms with Gasteiger partial charge in [0.2, 0.25) is 21.8 Å². The van der Waals surface area contributed by atoms with E-state index in [4.69, 9.17) is 14.2 Å². The van der Waals surface area contributed by atoms with E-state index < -0.39 is 15.8 Å². The van der Waals surface area contributed by atoms with Crippen molar-refractivity contribution in [2.75, 3.05) is 30.7 Å². The van der Waals surface area contributed by atoms with Gasteiger partial charge in [0, 0.05) is 32.0 Å². The number of halogens is 1. The molecule has 1 aromatic carbocycles. The third-order valence-electron chi connectivity index (χ3n) is 4.84. The van der Waals surface area contributed by atoms with Crippen molar-refractivity contribution in [2.24, 2.45) is 0 Å². The largest absolute Gasteiger partial charge is 0.474 e. The molecule has 1 fully saturated rings. The molecule has 0 unspecified atom stereocenters. The second-order valence-corrected chi connectivity index (χ2v) is 9.40. The maximum Gasteiger partial charge on any atom is 0.409 e. The van der Waals surface area contributed by atoms with Gasteiger partial charge in [0.25, 0.3) is 0 Å². The summed E-state index contributed by atoms with van der Waals surface area (Å²) in [6, 6.07) is 3.70. The summed E-state index contributed by atoms with van der Waals surface area (Å²) in [4.78, 5) is 21.8. The van der Waals surface area contributed by atoms with Crippen molar-refractivity contribution in [1.29, 1.82) is 0 Å². The summed E-state index contributed by atoms with van der Waals surface area (Å²) in [5.74, 6) is -0.460. The molecule has 33 heavy (non-hydrogen) atoms. The summed E-state index contributed by atoms with van der Waals surface area (Å²) < 4.78 is 56.0. The number of anilines is 1. The molecule has 0 atom stereocenters. The predicted octanol–water partition coefficient (Wildman–Crippen LogP) is 3.48. The minimum absolute atomic E-state index is 0.0794. The fourth-order valence-electron chi connectivity index (χ4n) is 3.20. The van der Waals surface area contributed by atoms with Crippen LogP contribution in [-0.2, 0) is 14.8 Å². The zero-order chi connectivity index (χ0) is 24.0. The van der Waals surface area contributed by atoms with Crippen LogP contribution in [-0.4, -0.2) is 61.4 Å². The molecule has 0 bridgehead atoms. The van der Waals surface area contributed by atoms with E-state index in [-0.39, 0.29) is 29.5 Å². The number of rotatable bonds is 8. The molecule has 0 aliphatic carbocycles. The van der Waals surface area contributed by atoms with E-state index in [9.17, 15) is 17.6 Å². The van der Waals surface area contributed by atoms with Crippen LogP contribution >= 0.6 is 0 Å². The highest BCUT2D eigenvalue weighted by Gasteiger charge is 2.26. The van der Waals surface area contributed by atoms with E-state index in [0.29, 0.717) is 44.0 Å². The molecule has 10 nitrogen and oxygen atoms in total. The van der Waals surface area contributed by atoms with Gasteiger partial charge in [-0.1, -0.05) is 6.92 Å². The van der Waals surface area contributed by atoms with E-state index in [1.165, 1.54) is 18.5 Å². The van der Waals surface area contributed by atoms with Crippen LogP contribution in [0.3, 0.4) is 0 Å². The molecule has 0 saturated carbocycles. The lowest BCUT2D eigenvalue weighted by atomic mass is 10.1. The third-order valence-corrected chi connectivity index (χ3v) is 5.45. The highest BCUT2D eigenvalue weighted by Crippen LogP contribution is 2.31. The number of amides is 1. The Morgan fingerprint density at radius 3 is 2.58 bits per heavy atom. The van der Waals surface area contributed by atoms with Crippen molar-refractivity contribution in [3.63, 3.8) is 0 Å². The standard InChI is InChI=1S/C21H27FN4O6S/c1-4-11-30-21(27)26-9-7-16(8-10-26)31-19-14(2)20(24-13-23-19)32-18-6-5-15(12-17(18)22)25-33(3,28)29/h5-6,12-13,16,25H,4,7-11H2,1-3H3. The van der Waals surface area contributed by atoms with Gasteiger partial charge in [-0.3, -0.25) is 4.72 Å². The van der Waals surface area contributed by atoms with Crippen LogP contribution in [0, 0.1) is 12.7 Å². The Hall–Kier alpha value is -3.15. The number of nitrogens with one attached hydrogen (secondary N) is 1. The molecule has 180 valence electrons. The Morgan fingerprint density at radius 1 is 1.24 bits per heavy atom. The number of likely N-dealkylation sites (tertiary alicyclic amines) is 1. The summed E-state index contributed by atoms with van der Waals surface area (Å²) in [7, 11) is -3.53. The molecular weight excluding hydrogens is 455 g/mol. The minimum Gasteiger partial charge on any atom is -0.474 e. The van der Waals surface area contributed by atoms with Gasteiger partial charge in [0.1, 0.15) is 12.4 Å². The predicted molar refractivity (Wildman–Crippen MR) is 119 cm³/mol. The number of benzene rings is 1. The molecule has 1 saturated heterocycles. The second-order valence-electron chi connectivity index (χ2n) is 7.65. The Balaban J connectivity index is 1.63. The fraction of sp³-hybridized carbons (Fsp3) is 0.476. The number of carbonyl (C=O) groups excluding carboxylic acids is 1. The summed E-state index contributed by atoms with van der Waals surface area (Å²) >= 11 is 0. The van der Waals surface area contributed by atoms with Gasteiger partial charge < -0.3 is 19.1 Å². The first-order valence-electron chi connectivity index (χ1n) is 10.5. The first-order chi connectivity index (χ1) is 15.7. The van der Waals surface area contributed by atoms with Gasteiger partial charge in [-0.25, -0.2) is 27.6 Å². The Morgan fingerprint density at radius 2 is 1.94 bits per heavy atom. The van der Waals surface area contributed by atoms with Crippen LogP contribution in [0.1, 0.15) is 31.7 Å². The average molecular weight is 483 g/mol. The van der Waals surface area contributed by atoms with Crippen LogP contribution in [0.5, 0.6) is 17.5 Å². The monoisotopic (exact) mass is 482 g/mol. The van der Waals surface area contributed by atoms with Gasteiger partial charge in [-0.15, -0.1) is 0 Å². The lowest BCUT2D eigenvalue weighted by Crippen LogP contribution is -2.42. The van der Waals surface area contributed by atoms with Crippen molar-refractivity contribution in [3.05, 3.63) is 35.9 Å². The SMILES string of the molecule is CCCOC(=O)N1CCC(Oc2ncnc(Oc3ccc(NS(C)(=O)=O)cc3F)c2C)CC1. The van der Waals surface area contributed by atoms with E-state index in [0.717, 1.165) is 18.7 Å². The van der Waals surface area contributed by atoms with Crippen molar-refractivity contribution >= 4 is 21.8 Å². The molecule has 2 aromatic rings. The molecule has 1 aromatic heterocycles. The number of nitrogens with zero attached hydrogens (tertiary/aromatic N) is 3. The van der Waals surface area contributed by atoms with Crippen LogP contribution in [0.4, 0.5) is 14.9 Å². The molecular formula is C21H27FN4O6S. The molecule has 1 aliphatic heterocycles. The van der Waals surface area contributed by atoms with E-state index in [1.54, 1.807) is 11.8 Å². The topological polar surface area (TPSA) is 120 Å². The van der Waals surface area contributed by atoms with Crippen LogP contribution in [0.25, 0.3) is 0 Å². The number of hydrogen-bond donors (Lipinski definition) is 1. The van der Waals surface area contributed by atoms with Gasteiger partial charge in [-0.05, 0) is 25.5 Å². The Bertz CT molecular complexity index is 1090. The number of sulfonamides is 1. The first kappa shape index (κ1) is 24.5. The van der Waals surface area contributed by atoms with Crippen LogP contribution in [0.15, 0.2) is 24.5 Å². The van der Waals surface area contributed by atoms with E-state index >= 15 is 0 Å². The van der Waals surface area contributed by atoms with Crippen molar-refractivity contribution < 1.29 is 31.8 Å². The van der Waals surface area contributed by atoms with E-state index in [2.05, 4.69) is 14.7 Å². The molecule has 1 N–H and O–H groups in total. The highest BCUT2D eigenvalue weighted by atomic mass is 32.2. The Kier molecular flexibility index (Phi) is 7.90. The van der Waals surface area contributed by atoms with E-state index in [1.807, 2.05) is 6.92 Å². The molecule has 3 rings (SSSR count). The Labute approximate surface area is 192 Å². The number of ether oxygens (including phenoxy) is 3. The fourth-order valence-corrected chi connectivity index (χ4v) is 3.76. The number of aromatic nitrogens is 2. The van der Waals surface area contributed by atoms with Crippen molar-refractivity contribution in [3.8, 4) is 17.5 Å². The lowest BCUT2D eigenvalue weighted by Gasteiger charge is -2.31. The van der Waals surface area contributed by atoms with Crippen molar-refractivity contribution in [1.82, 2.24) is 14.9 Å². The average Bonchev–Trinajstić information content (AvgIpc) is 2.76. The molecule has 0 radical (unpaired) electrons. The maximum absolute atomic E-state index is 14.4. The molecule has 1 aliphatic rings. The normalized spacial score (nSPS) is 14.6. The van der Waals surface area contributed by atoms with Gasteiger partial charge in [-0.2, -0.15) is 0 Å².